The van der Waals surface area contributed by atoms with Gasteiger partial charge in [-0.3, -0.25) is 9.59 Å². The minimum Gasteiger partial charge on any atom is -0.451 e. The summed E-state index contributed by atoms with van der Waals surface area (Å²) < 4.78 is 37.8. The second-order valence-electron chi connectivity index (χ2n) is 5.91. The van der Waals surface area contributed by atoms with E-state index in [0.29, 0.717) is 5.56 Å². The summed E-state index contributed by atoms with van der Waals surface area (Å²) in [7, 11) is 0. The minimum atomic E-state index is -1.38. The van der Waals surface area contributed by atoms with Gasteiger partial charge in [-0.05, 0) is 31.2 Å². The molecule has 150 valence electrons. The van der Waals surface area contributed by atoms with E-state index in [4.69, 9.17) is 9.15 Å². The normalized spacial score (nSPS) is 11.7. The van der Waals surface area contributed by atoms with Gasteiger partial charge in [-0.1, -0.05) is 24.3 Å². The van der Waals surface area contributed by atoms with Crippen molar-refractivity contribution in [1.29, 1.82) is 0 Å². The summed E-state index contributed by atoms with van der Waals surface area (Å²) in [5, 5.41) is 5.92. The summed E-state index contributed by atoms with van der Waals surface area (Å²) in [6.07, 6.45) is -1.38. The average Bonchev–Trinajstić information content (AvgIpc) is 3.05. The predicted octanol–water partition coefficient (Wildman–Crippen LogP) is 2.35. The lowest BCUT2D eigenvalue weighted by molar-refractivity contribution is -0.154. The maximum absolute atomic E-state index is 13.6. The van der Waals surface area contributed by atoms with Crippen LogP contribution in [-0.4, -0.2) is 27.8 Å². The first-order chi connectivity index (χ1) is 13.8. The van der Waals surface area contributed by atoms with Crippen LogP contribution in [0.25, 0.3) is 11.5 Å². The molecule has 2 aromatic carbocycles. The Morgan fingerprint density at radius 1 is 1.14 bits per heavy atom. The Kier molecular flexibility index (Phi) is 5.82. The molecule has 0 aliphatic carbocycles. The molecule has 0 saturated heterocycles. The van der Waals surface area contributed by atoms with Crippen LogP contribution in [0.4, 0.5) is 14.5 Å². The van der Waals surface area contributed by atoms with Crippen LogP contribution in [0.5, 0.6) is 0 Å². The molecule has 1 aromatic heterocycles. The van der Waals surface area contributed by atoms with Gasteiger partial charge < -0.3 is 14.5 Å². The Labute approximate surface area is 162 Å². The number of amides is 1. The lowest BCUT2D eigenvalue weighted by Crippen LogP contribution is -2.33. The largest absolute Gasteiger partial charge is 0.451 e. The SMILES string of the molecule is C[C@H](OC(=O)Cn1nc(-c2ccccc2)oc1=O)C(=O)Nc1c(F)cccc1F. The van der Waals surface area contributed by atoms with Gasteiger partial charge in [0, 0.05) is 5.56 Å². The third-order valence-electron chi connectivity index (χ3n) is 3.79. The summed E-state index contributed by atoms with van der Waals surface area (Å²) in [4.78, 5) is 35.9. The second kappa shape index (κ2) is 8.46. The van der Waals surface area contributed by atoms with Crippen LogP contribution < -0.4 is 11.1 Å². The second-order valence-corrected chi connectivity index (χ2v) is 5.91. The van der Waals surface area contributed by atoms with Gasteiger partial charge in [-0.15, -0.1) is 5.10 Å². The van der Waals surface area contributed by atoms with Crippen LogP contribution in [0, 0.1) is 11.6 Å². The van der Waals surface area contributed by atoms with Crippen molar-refractivity contribution in [2.45, 2.75) is 19.6 Å². The number of esters is 1. The zero-order chi connectivity index (χ0) is 21.0. The van der Waals surface area contributed by atoms with Crippen molar-refractivity contribution >= 4 is 17.6 Å². The number of benzene rings is 2. The van der Waals surface area contributed by atoms with Crippen molar-refractivity contribution < 1.29 is 27.5 Å². The fourth-order valence-electron chi connectivity index (χ4n) is 2.36. The lowest BCUT2D eigenvalue weighted by Gasteiger charge is -2.14. The van der Waals surface area contributed by atoms with Crippen molar-refractivity contribution in [3.8, 4) is 11.5 Å². The monoisotopic (exact) mass is 403 g/mol. The number of ether oxygens (including phenoxy) is 1. The molecule has 8 nitrogen and oxygen atoms in total. The summed E-state index contributed by atoms with van der Waals surface area (Å²) in [6.45, 7) is 0.605. The van der Waals surface area contributed by atoms with E-state index in [1.807, 2.05) is 5.32 Å². The van der Waals surface area contributed by atoms with Crippen molar-refractivity contribution in [3.05, 3.63) is 70.7 Å². The van der Waals surface area contributed by atoms with Gasteiger partial charge in [0.25, 0.3) is 5.91 Å². The Morgan fingerprint density at radius 3 is 2.45 bits per heavy atom. The van der Waals surface area contributed by atoms with Gasteiger partial charge >= 0.3 is 11.7 Å². The smallest absolute Gasteiger partial charge is 0.437 e. The summed E-state index contributed by atoms with van der Waals surface area (Å²) >= 11 is 0. The van der Waals surface area contributed by atoms with E-state index >= 15 is 0 Å². The van der Waals surface area contributed by atoms with E-state index in [2.05, 4.69) is 5.10 Å². The number of rotatable bonds is 6. The van der Waals surface area contributed by atoms with E-state index in [1.54, 1.807) is 30.3 Å². The lowest BCUT2D eigenvalue weighted by atomic mass is 10.2. The molecule has 3 rings (SSSR count). The maximum atomic E-state index is 13.6. The highest BCUT2D eigenvalue weighted by Crippen LogP contribution is 2.18. The average molecular weight is 403 g/mol. The number of para-hydroxylation sites is 1. The first-order valence-electron chi connectivity index (χ1n) is 8.43. The zero-order valence-electron chi connectivity index (χ0n) is 15.1. The highest BCUT2D eigenvalue weighted by atomic mass is 19.1. The summed E-state index contributed by atoms with van der Waals surface area (Å²) in [6, 6.07) is 11.6. The van der Waals surface area contributed by atoms with Crippen LogP contribution in [-0.2, 0) is 20.9 Å². The molecule has 1 N–H and O–H groups in total. The molecule has 0 radical (unpaired) electrons. The zero-order valence-corrected chi connectivity index (χ0v) is 15.1. The molecule has 1 amide bonds. The number of hydrogen-bond acceptors (Lipinski definition) is 6. The number of carbonyl (C=O) groups excluding carboxylic acids is 2. The van der Waals surface area contributed by atoms with Gasteiger partial charge in [-0.25, -0.2) is 13.6 Å². The Morgan fingerprint density at radius 2 is 1.79 bits per heavy atom. The number of hydrogen-bond donors (Lipinski definition) is 1. The molecule has 1 atom stereocenters. The molecule has 3 aromatic rings. The fraction of sp³-hybridized carbons (Fsp3) is 0.158. The molecule has 29 heavy (non-hydrogen) atoms. The number of carbonyl (C=O) groups is 2. The molecule has 0 spiro atoms. The van der Waals surface area contributed by atoms with Crippen LogP contribution in [0.2, 0.25) is 0 Å². The predicted molar refractivity (Wildman–Crippen MR) is 96.7 cm³/mol. The molecular formula is C19H15F2N3O5. The number of nitrogens with zero attached hydrogens (tertiary/aromatic N) is 2. The highest BCUT2D eigenvalue weighted by Gasteiger charge is 2.22. The van der Waals surface area contributed by atoms with Gasteiger partial charge in [0.2, 0.25) is 5.89 Å². The molecule has 0 saturated carbocycles. The maximum Gasteiger partial charge on any atom is 0.437 e. The van der Waals surface area contributed by atoms with Crippen LogP contribution in [0.15, 0.2) is 57.7 Å². The van der Waals surface area contributed by atoms with Crippen LogP contribution in [0.1, 0.15) is 6.92 Å². The molecule has 10 heteroatoms. The van der Waals surface area contributed by atoms with E-state index in [1.165, 1.54) is 6.92 Å². The van der Waals surface area contributed by atoms with Crippen molar-refractivity contribution in [2.24, 2.45) is 0 Å². The van der Waals surface area contributed by atoms with Gasteiger partial charge in [0.1, 0.15) is 23.9 Å². The molecule has 0 aliphatic heterocycles. The number of aromatic nitrogens is 2. The van der Waals surface area contributed by atoms with E-state index in [9.17, 15) is 23.2 Å². The molecule has 0 bridgehead atoms. The number of anilines is 1. The Hall–Kier alpha value is -3.82. The fourth-order valence-corrected chi connectivity index (χ4v) is 2.36. The van der Waals surface area contributed by atoms with Crippen LogP contribution >= 0.6 is 0 Å². The molecular weight excluding hydrogens is 388 g/mol. The third kappa shape index (κ3) is 4.72. The first kappa shape index (κ1) is 19.9. The van der Waals surface area contributed by atoms with Gasteiger partial charge in [0.15, 0.2) is 6.10 Å². The highest BCUT2D eigenvalue weighted by molar-refractivity contribution is 5.95. The molecule has 1 heterocycles. The van der Waals surface area contributed by atoms with Crippen molar-refractivity contribution in [2.75, 3.05) is 5.32 Å². The van der Waals surface area contributed by atoms with E-state index in [0.717, 1.165) is 22.9 Å². The standard InChI is InChI=1S/C19H15F2N3O5/c1-11(17(26)22-16-13(20)8-5-9-14(16)21)28-15(25)10-24-19(27)29-18(23-24)12-6-3-2-4-7-12/h2-9,11H,10H2,1H3,(H,22,26)/t11-/m0/s1. The third-order valence-corrected chi connectivity index (χ3v) is 3.79. The van der Waals surface area contributed by atoms with Crippen molar-refractivity contribution in [3.63, 3.8) is 0 Å². The molecule has 0 fully saturated rings. The summed E-state index contributed by atoms with van der Waals surface area (Å²) in [5.41, 5.74) is -0.114. The topological polar surface area (TPSA) is 103 Å². The van der Waals surface area contributed by atoms with Crippen molar-refractivity contribution in [1.82, 2.24) is 9.78 Å². The first-order valence-corrected chi connectivity index (χ1v) is 8.43. The van der Waals surface area contributed by atoms with Gasteiger partial charge in [-0.2, -0.15) is 4.68 Å². The van der Waals surface area contributed by atoms with Gasteiger partial charge in [0.05, 0.1) is 0 Å². The summed E-state index contributed by atoms with van der Waals surface area (Å²) in [5.74, 6) is -4.72. The quantitative estimate of drug-likeness (QED) is 0.634. The number of nitrogens with one attached hydrogen (secondary N) is 1. The van der Waals surface area contributed by atoms with Crippen LogP contribution in [0.3, 0.4) is 0 Å². The molecule has 0 aliphatic rings. The Bertz CT molecular complexity index is 1070. The Balaban J connectivity index is 1.63. The molecule has 0 unspecified atom stereocenters. The minimum absolute atomic E-state index is 0.0178. The van der Waals surface area contributed by atoms with E-state index in [-0.39, 0.29) is 5.89 Å². The van der Waals surface area contributed by atoms with E-state index < -0.39 is 47.6 Å². The number of halogens is 2.